The molecule has 0 N–H and O–H groups in total. The molecule has 0 atom stereocenters. The molecule has 2 aromatic carbocycles. The van der Waals surface area contributed by atoms with Crippen molar-refractivity contribution in [3.8, 4) is 22.8 Å². The normalized spacial score (nSPS) is 10.8. The number of hydrogen-bond acceptors (Lipinski definition) is 7. The second-order valence-electron chi connectivity index (χ2n) is 5.42. The van der Waals surface area contributed by atoms with E-state index >= 15 is 0 Å². The first-order valence-corrected chi connectivity index (χ1v) is 9.47. The molecular formula is C18H15N5OS2. The highest BCUT2D eigenvalue weighted by Gasteiger charge is 2.18. The van der Waals surface area contributed by atoms with E-state index < -0.39 is 0 Å². The molecule has 4 rings (SSSR count). The summed E-state index contributed by atoms with van der Waals surface area (Å²) < 4.78 is 12.4. The minimum atomic E-state index is 0.741. The Kier molecular flexibility index (Phi) is 4.68. The quantitative estimate of drug-likeness (QED) is 0.515. The van der Waals surface area contributed by atoms with Crippen molar-refractivity contribution in [2.24, 2.45) is 0 Å². The monoisotopic (exact) mass is 381 g/mol. The third-order valence-corrected chi connectivity index (χ3v) is 5.47. The Balaban J connectivity index is 1.82. The molecular weight excluding hydrogens is 366 g/mol. The van der Waals surface area contributed by atoms with Crippen molar-refractivity contribution in [3.05, 3.63) is 60.4 Å². The Morgan fingerprint density at radius 2 is 1.77 bits per heavy atom. The summed E-state index contributed by atoms with van der Waals surface area (Å²) in [6, 6.07) is 17.8. The van der Waals surface area contributed by atoms with Gasteiger partial charge in [0.25, 0.3) is 0 Å². The summed E-state index contributed by atoms with van der Waals surface area (Å²) in [5.41, 5.74) is 1.95. The average molecular weight is 381 g/mol. The molecule has 2 heterocycles. The lowest BCUT2D eigenvalue weighted by Gasteiger charge is -2.10. The van der Waals surface area contributed by atoms with Crippen LogP contribution < -0.4 is 4.74 Å². The number of methoxy groups -OCH3 is 1. The van der Waals surface area contributed by atoms with Gasteiger partial charge >= 0.3 is 0 Å². The van der Waals surface area contributed by atoms with E-state index in [1.807, 2.05) is 66.1 Å². The molecule has 130 valence electrons. The van der Waals surface area contributed by atoms with Gasteiger partial charge in [0.05, 0.1) is 12.8 Å². The largest absolute Gasteiger partial charge is 0.497 e. The van der Waals surface area contributed by atoms with Crippen LogP contribution in [0.25, 0.3) is 17.1 Å². The molecule has 26 heavy (non-hydrogen) atoms. The molecule has 4 aromatic rings. The zero-order chi connectivity index (χ0) is 17.9. The number of ether oxygens (including phenoxy) is 1. The number of aromatic nitrogens is 5. The zero-order valence-corrected chi connectivity index (χ0v) is 15.8. The predicted octanol–water partition coefficient (Wildman–Crippen LogP) is 4.25. The number of benzene rings is 2. The minimum absolute atomic E-state index is 0.741. The average Bonchev–Trinajstić information content (AvgIpc) is 3.29. The van der Waals surface area contributed by atoms with E-state index in [9.17, 15) is 0 Å². The second kappa shape index (κ2) is 7.27. The summed E-state index contributed by atoms with van der Waals surface area (Å²) in [6.07, 6.45) is 0. The Hall–Kier alpha value is -2.71. The van der Waals surface area contributed by atoms with E-state index in [-0.39, 0.29) is 0 Å². The lowest BCUT2D eigenvalue weighted by atomic mass is 10.2. The number of rotatable bonds is 5. The van der Waals surface area contributed by atoms with Gasteiger partial charge in [-0.15, -0.1) is 10.2 Å². The standard InChI is InChI=1S/C18H15N5OS2/c1-12-19-18(26-22-12)25-17-21-20-16(13-6-4-3-5-7-13)23(17)14-8-10-15(24-2)11-9-14/h3-11H,1-2H3. The van der Waals surface area contributed by atoms with Gasteiger partial charge in [0.2, 0.25) is 5.16 Å². The smallest absolute Gasteiger partial charge is 0.203 e. The van der Waals surface area contributed by atoms with Crippen LogP contribution in [-0.2, 0) is 0 Å². The molecule has 0 spiro atoms. The summed E-state index contributed by atoms with van der Waals surface area (Å²) in [6.45, 7) is 1.88. The van der Waals surface area contributed by atoms with Gasteiger partial charge in [-0.3, -0.25) is 4.57 Å². The predicted molar refractivity (Wildman–Crippen MR) is 102 cm³/mol. The molecule has 2 aromatic heterocycles. The van der Waals surface area contributed by atoms with Gasteiger partial charge in [-0.1, -0.05) is 30.3 Å². The van der Waals surface area contributed by atoms with Gasteiger partial charge in [-0.2, -0.15) is 4.37 Å². The third-order valence-electron chi connectivity index (χ3n) is 3.68. The van der Waals surface area contributed by atoms with Crippen LogP contribution in [0.1, 0.15) is 5.82 Å². The first-order valence-electron chi connectivity index (χ1n) is 7.88. The molecule has 0 radical (unpaired) electrons. The molecule has 0 bridgehead atoms. The first-order chi connectivity index (χ1) is 12.7. The van der Waals surface area contributed by atoms with Crippen LogP contribution >= 0.6 is 23.3 Å². The number of hydrogen-bond donors (Lipinski definition) is 0. The fraction of sp³-hybridized carbons (Fsp3) is 0.111. The van der Waals surface area contributed by atoms with Crippen molar-refractivity contribution < 1.29 is 4.74 Å². The topological polar surface area (TPSA) is 65.7 Å². The maximum atomic E-state index is 5.27. The van der Waals surface area contributed by atoms with Gasteiger partial charge in [0.15, 0.2) is 10.2 Å². The third kappa shape index (κ3) is 3.33. The fourth-order valence-corrected chi connectivity index (χ4v) is 4.08. The van der Waals surface area contributed by atoms with Gasteiger partial charge in [0, 0.05) is 5.56 Å². The Morgan fingerprint density at radius 3 is 2.42 bits per heavy atom. The van der Waals surface area contributed by atoms with Crippen LogP contribution in [0, 0.1) is 6.92 Å². The lowest BCUT2D eigenvalue weighted by molar-refractivity contribution is 0.414. The van der Waals surface area contributed by atoms with Crippen LogP contribution in [0.2, 0.25) is 0 Å². The molecule has 0 unspecified atom stereocenters. The molecule has 0 fully saturated rings. The van der Waals surface area contributed by atoms with Crippen molar-refractivity contribution >= 4 is 23.3 Å². The van der Waals surface area contributed by atoms with Crippen LogP contribution in [0.15, 0.2) is 64.1 Å². The maximum Gasteiger partial charge on any atom is 0.203 e. The zero-order valence-electron chi connectivity index (χ0n) is 14.2. The highest BCUT2D eigenvalue weighted by Crippen LogP contribution is 2.33. The maximum absolute atomic E-state index is 5.27. The van der Waals surface area contributed by atoms with Gasteiger partial charge in [-0.25, -0.2) is 4.98 Å². The van der Waals surface area contributed by atoms with Gasteiger partial charge in [-0.05, 0) is 54.5 Å². The summed E-state index contributed by atoms with van der Waals surface area (Å²) in [5, 5.41) is 9.57. The fourth-order valence-electron chi connectivity index (χ4n) is 2.47. The minimum Gasteiger partial charge on any atom is -0.497 e. The lowest BCUT2D eigenvalue weighted by Crippen LogP contribution is -1.99. The van der Waals surface area contributed by atoms with Crippen molar-refractivity contribution in [2.75, 3.05) is 7.11 Å². The SMILES string of the molecule is COc1ccc(-n2c(Sc3nc(C)ns3)nnc2-c2ccccc2)cc1. The number of aryl methyl sites for hydroxylation is 1. The molecule has 6 nitrogen and oxygen atoms in total. The summed E-state index contributed by atoms with van der Waals surface area (Å²) in [4.78, 5) is 4.42. The molecule has 0 aliphatic rings. The Labute approximate surface area is 159 Å². The van der Waals surface area contributed by atoms with Crippen LogP contribution in [0.5, 0.6) is 5.75 Å². The first kappa shape index (κ1) is 16.7. The Morgan fingerprint density at radius 1 is 1.00 bits per heavy atom. The molecule has 0 saturated carbocycles. The van der Waals surface area contributed by atoms with Gasteiger partial charge in [0.1, 0.15) is 11.6 Å². The van der Waals surface area contributed by atoms with Crippen molar-refractivity contribution in [2.45, 2.75) is 16.4 Å². The van der Waals surface area contributed by atoms with Crippen LogP contribution in [0.3, 0.4) is 0 Å². The van der Waals surface area contributed by atoms with E-state index in [0.29, 0.717) is 0 Å². The molecule has 0 aliphatic carbocycles. The molecule has 0 saturated heterocycles. The van der Waals surface area contributed by atoms with E-state index in [2.05, 4.69) is 19.6 Å². The Bertz CT molecular complexity index is 1010. The van der Waals surface area contributed by atoms with Crippen LogP contribution in [-0.4, -0.2) is 31.2 Å². The van der Waals surface area contributed by atoms with Crippen LogP contribution in [0.4, 0.5) is 0 Å². The van der Waals surface area contributed by atoms with E-state index in [4.69, 9.17) is 4.74 Å². The molecule has 0 aliphatic heterocycles. The molecule has 8 heteroatoms. The van der Waals surface area contributed by atoms with Crippen molar-refractivity contribution in [1.82, 2.24) is 24.1 Å². The molecule has 0 amide bonds. The summed E-state index contributed by atoms with van der Waals surface area (Å²) in [7, 11) is 1.66. The number of nitrogens with zero attached hydrogens (tertiary/aromatic N) is 5. The van der Waals surface area contributed by atoms with Crippen molar-refractivity contribution in [3.63, 3.8) is 0 Å². The van der Waals surface area contributed by atoms with E-state index in [0.717, 1.165) is 38.1 Å². The van der Waals surface area contributed by atoms with Crippen molar-refractivity contribution in [1.29, 1.82) is 0 Å². The van der Waals surface area contributed by atoms with E-state index in [1.54, 1.807) is 7.11 Å². The highest BCUT2D eigenvalue weighted by atomic mass is 32.2. The summed E-state index contributed by atoms with van der Waals surface area (Å²) in [5.74, 6) is 2.34. The summed E-state index contributed by atoms with van der Waals surface area (Å²) >= 11 is 2.82. The van der Waals surface area contributed by atoms with E-state index in [1.165, 1.54) is 23.3 Å². The van der Waals surface area contributed by atoms with Gasteiger partial charge < -0.3 is 4.74 Å². The highest BCUT2D eigenvalue weighted by molar-refractivity contribution is 8.00. The second-order valence-corrected chi connectivity index (χ2v) is 7.38.